The van der Waals surface area contributed by atoms with Gasteiger partial charge >= 0.3 is 0 Å². The van der Waals surface area contributed by atoms with Crippen molar-refractivity contribution in [3.8, 4) is 22.5 Å². The molecule has 0 unspecified atom stereocenters. The Balaban J connectivity index is 1.90. The molecule has 7 heteroatoms. The van der Waals surface area contributed by atoms with E-state index in [0.29, 0.717) is 27.6 Å². The van der Waals surface area contributed by atoms with E-state index in [1.165, 1.54) is 0 Å². The van der Waals surface area contributed by atoms with E-state index in [1.807, 2.05) is 42.5 Å². The van der Waals surface area contributed by atoms with Crippen molar-refractivity contribution in [1.29, 1.82) is 0 Å². The number of amides is 1. The first-order valence-electron chi connectivity index (χ1n) is 8.37. The average molecular weight is 378 g/mol. The predicted octanol–water partition coefficient (Wildman–Crippen LogP) is 3.71. The van der Waals surface area contributed by atoms with Crippen LogP contribution in [0, 0.1) is 0 Å². The Morgan fingerprint density at radius 1 is 0.963 bits per heavy atom. The molecule has 1 N–H and O–H groups in total. The minimum absolute atomic E-state index is 0.136. The number of fused-ring (bicyclic) bond motifs is 1. The lowest BCUT2D eigenvalue weighted by Crippen LogP contribution is -2.17. The Labute approximate surface area is 160 Å². The van der Waals surface area contributed by atoms with Gasteiger partial charge in [0, 0.05) is 30.8 Å². The second-order valence-electron chi connectivity index (χ2n) is 6.06. The van der Waals surface area contributed by atoms with Crippen LogP contribution in [-0.2, 0) is 7.05 Å². The van der Waals surface area contributed by atoms with Crippen LogP contribution in [0.25, 0.3) is 33.5 Å². The van der Waals surface area contributed by atoms with Crippen molar-refractivity contribution in [3.63, 3.8) is 0 Å². The highest BCUT2D eigenvalue weighted by Crippen LogP contribution is 2.36. The summed E-state index contributed by atoms with van der Waals surface area (Å²) in [5.41, 5.74) is 4.24. The third-order valence-corrected chi connectivity index (χ3v) is 4.75. The van der Waals surface area contributed by atoms with E-state index in [-0.39, 0.29) is 5.91 Å². The SMILES string of the molecule is CNC(=O)c1ccc(-c2nn(C)c3nnc(-c4ccccc4)c(Cl)c23)cc1. The van der Waals surface area contributed by atoms with Crippen LogP contribution < -0.4 is 5.32 Å². The van der Waals surface area contributed by atoms with Gasteiger partial charge in [0.1, 0.15) is 11.4 Å². The van der Waals surface area contributed by atoms with Crippen LogP contribution in [0.15, 0.2) is 54.6 Å². The molecule has 2 heterocycles. The lowest BCUT2D eigenvalue weighted by atomic mass is 10.0. The maximum atomic E-state index is 11.8. The highest BCUT2D eigenvalue weighted by molar-refractivity contribution is 6.38. The number of aromatic nitrogens is 4. The number of halogens is 1. The molecule has 0 aliphatic heterocycles. The maximum Gasteiger partial charge on any atom is 0.251 e. The molecule has 0 aliphatic carbocycles. The Morgan fingerprint density at radius 3 is 2.30 bits per heavy atom. The van der Waals surface area contributed by atoms with Gasteiger partial charge in [0.05, 0.1) is 10.4 Å². The van der Waals surface area contributed by atoms with Gasteiger partial charge in [0.15, 0.2) is 5.65 Å². The molecule has 6 nitrogen and oxygen atoms in total. The molecule has 0 radical (unpaired) electrons. The van der Waals surface area contributed by atoms with Crippen LogP contribution >= 0.6 is 11.6 Å². The van der Waals surface area contributed by atoms with Crippen molar-refractivity contribution in [2.45, 2.75) is 0 Å². The summed E-state index contributed by atoms with van der Waals surface area (Å²) in [6.45, 7) is 0. The Kier molecular flexibility index (Phi) is 4.33. The van der Waals surface area contributed by atoms with Gasteiger partial charge in [-0.25, -0.2) is 4.68 Å². The fourth-order valence-electron chi connectivity index (χ4n) is 3.00. The second-order valence-corrected chi connectivity index (χ2v) is 6.43. The van der Waals surface area contributed by atoms with Crippen molar-refractivity contribution in [2.24, 2.45) is 7.05 Å². The minimum atomic E-state index is -0.136. The Bertz CT molecular complexity index is 1140. The van der Waals surface area contributed by atoms with Crippen LogP contribution in [0.1, 0.15) is 10.4 Å². The fourth-order valence-corrected chi connectivity index (χ4v) is 3.32. The predicted molar refractivity (Wildman–Crippen MR) is 106 cm³/mol. The first kappa shape index (κ1) is 17.2. The van der Waals surface area contributed by atoms with Crippen molar-refractivity contribution in [3.05, 3.63) is 65.2 Å². The van der Waals surface area contributed by atoms with Gasteiger partial charge < -0.3 is 5.32 Å². The van der Waals surface area contributed by atoms with Gasteiger partial charge in [-0.2, -0.15) is 5.10 Å². The van der Waals surface area contributed by atoms with Gasteiger partial charge in [0.25, 0.3) is 5.91 Å². The van der Waals surface area contributed by atoms with Crippen LogP contribution in [0.3, 0.4) is 0 Å². The van der Waals surface area contributed by atoms with Crippen molar-refractivity contribution < 1.29 is 4.79 Å². The number of rotatable bonds is 3. The molecule has 0 atom stereocenters. The van der Waals surface area contributed by atoms with Crippen molar-refractivity contribution in [1.82, 2.24) is 25.3 Å². The number of carbonyl (C=O) groups excluding carboxylic acids is 1. The smallest absolute Gasteiger partial charge is 0.251 e. The van der Waals surface area contributed by atoms with E-state index in [4.69, 9.17) is 11.6 Å². The first-order valence-corrected chi connectivity index (χ1v) is 8.74. The Morgan fingerprint density at radius 2 is 1.63 bits per heavy atom. The monoisotopic (exact) mass is 377 g/mol. The zero-order valence-electron chi connectivity index (χ0n) is 14.8. The van der Waals surface area contributed by atoms with Crippen molar-refractivity contribution >= 4 is 28.5 Å². The van der Waals surface area contributed by atoms with Gasteiger partial charge in [-0.1, -0.05) is 54.1 Å². The Hall–Kier alpha value is -3.25. The number of carbonyl (C=O) groups is 1. The van der Waals surface area contributed by atoms with Gasteiger partial charge in [0.2, 0.25) is 0 Å². The number of benzene rings is 2. The van der Waals surface area contributed by atoms with Crippen LogP contribution in [0.2, 0.25) is 5.02 Å². The minimum Gasteiger partial charge on any atom is -0.355 e. The summed E-state index contributed by atoms with van der Waals surface area (Å²) in [6.07, 6.45) is 0. The number of aryl methyl sites for hydroxylation is 1. The van der Waals surface area contributed by atoms with E-state index < -0.39 is 0 Å². The summed E-state index contributed by atoms with van der Waals surface area (Å²) in [4.78, 5) is 11.8. The lowest BCUT2D eigenvalue weighted by molar-refractivity contribution is 0.0963. The first-order chi connectivity index (χ1) is 13.1. The third-order valence-electron chi connectivity index (χ3n) is 4.38. The lowest BCUT2D eigenvalue weighted by Gasteiger charge is -2.05. The summed E-state index contributed by atoms with van der Waals surface area (Å²) < 4.78 is 1.66. The molecule has 2 aromatic carbocycles. The molecule has 0 saturated heterocycles. The van der Waals surface area contributed by atoms with Gasteiger partial charge in [-0.3, -0.25) is 4.79 Å². The molecule has 0 fully saturated rings. The number of hydrogen-bond acceptors (Lipinski definition) is 4. The molecule has 1 amide bonds. The summed E-state index contributed by atoms with van der Waals surface area (Å²) >= 11 is 6.73. The van der Waals surface area contributed by atoms with E-state index in [0.717, 1.165) is 16.5 Å². The number of nitrogens with zero attached hydrogens (tertiary/aromatic N) is 4. The average Bonchev–Trinajstić information content (AvgIpc) is 3.06. The molecule has 2 aromatic heterocycles. The molecule has 134 valence electrons. The zero-order valence-corrected chi connectivity index (χ0v) is 15.5. The zero-order chi connectivity index (χ0) is 19.0. The van der Waals surface area contributed by atoms with Crippen LogP contribution in [0.4, 0.5) is 0 Å². The highest BCUT2D eigenvalue weighted by atomic mass is 35.5. The largest absolute Gasteiger partial charge is 0.355 e. The highest BCUT2D eigenvalue weighted by Gasteiger charge is 2.20. The number of hydrogen-bond donors (Lipinski definition) is 1. The quantitative estimate of drug-likeness (QED) is 0.590. The molecule has 0 saturated carbocycles. The molecular formula is C20H16ClN5O. The molecule has 4 rings (SSSR count). The van der Waals surface area contributed by atoms with E-state index in [2.05, 4.69) is 20.6 Å². The standard InChI is InChI=1S/C20H16ClN5O/c1-22-20(27)14-10-8-13(9-11-14)17-15-16(21)18(12-6-4-3-5-7-12)23-24-19(15)26(2)25-17/h3-11H,1-2H3,(H,22,27). The molecule has 0 bridgehead atoms. The number of nitrogens with one attached hydrogen (secondary N) is 1. The van der Waals surface area contributed by atoms with Crippen LogP contribution in [0.5, 0.6) is 0 Å². The van der Waals surface area contributed by atoms with Gasteiger partial charge in [-0.05, 0) is 12.1 Å². The molecule has 0 aliphatic rings. The van der Waals surface area contributed by atoms with E-state index in [1.54, 1.807) is 30.9 Å². The molecular weight excluding hydrogens is 362 g/mol. The molecule has 0 spiro atoms. The van der Waals surface area contributed by atoms with Crippen LogP contribution in [-0.4, -0.2) is 32.9 Å². The molecule has 27 heavy (non-hydrogen) atoms. The maximum absolute atomic E-state index is 11.8. The summed E-state index contributed by atoms with van der Waals surface area (Å²) in [5.74, 6) is -0.136. The van der Waals surface area contributed by atoms with Crippen molar-refractivity contribution in [2.75, 3.05) is 7.05 Å². The summed E-state index contributed by atoms with van der Waals surface area (Å²) in [7, 11) is 3.41. The second kappa shape index (κ2) is 6.81. The van der Waals surface area contributed by atoms with Gasteiger partial charge in [-0.15, -0.1) is 10.2 Å². The summed E-state index contributed by atoms with van der Waals surface area (Å²) in [5, 5.41) is 17.1. The van der Waals surface area contributed by atoms with E-state index in [9.17, 15) is 4.79 Å². The third kappa shape index (κ3) is 2.94. The topological polar surface area (TPSA) is 72.7 Å². The summed E-state index contributed by atoms with van der Waals surface area (Å²) in [6, 6.07) is 16.9. The normalized spacial score (nSPS) is 10.9. The van der Waals surface area contributed by atoms with E-state index >= 15 is 0 Å². The molecule has 4 aromatic rings. The fraction of sp³-hybridized carbons (Fsp3) is 0.100.